The van der Waals surface area contributed by atoms with E-state index >= 15 is 0 Å². The summed E-state index contributed by atoms with van der Waals surface area (Å²) in [7, 11) is 2.78. The van der Waals surface area contributed by atoms with E-state index in [0.29, 0.717) is 26.2 Å². The fourth-order valence-corrected chi connectivity index (χ4v) is 4.11. The Kier molecular flexibility index (Phi) is 7.95. The zero-order valence-electron chi connectivity index (χ0n) is 16.0. The van der Waals surface area contributed by atoms with E-state index in [1.165, 1.54) is 0 Å². The molecule has 0 saturated carbocycles. The average molecular weight is 363 g/mol. The first-order valence-corrected chi connectivity index (χ1v) is 10.2. The van der Waals surface area contributed by atoms with Crippen LogP contribution >= 0.6 is 0 Å². The predicted molar refractivity (Wildman–Crippen MR) is 99.4 cm³/mol. The van der Waals surface area contributed by atoms with Gasteiger partial charge in [0.2, 0.25) is 0 Å². The summed E-state index contributed by atoms with van der Waals surface area (Å²) in [6.45, 7) is 8.78. The molecule has 1 saturated heterocycles. The molecule has 0 bridgehead atoms. The van der Waals surface area contributed by atoms with E-state index in [9.17, 15) is 8.42 Å². The topological polar surface area (TPSA) is 74.2 Å². The van der Waals surface area contributed by atoms with Crippen molar-refractivity contribution in [2.24, 2.45) is 4.99 Å². The number of ether oxygens (including phenoxy) is 1. The van der Waals surface area contributed by atoms with E-state index in [1.54, 1.807) is 20.9 Å². The first-order valence-electron chi connectivity index (χ1n) is 8.57. The predicted octanol–water partition coefficient (Wildman–Crippen LogP) is 0.428. The average Bonchev–Trinajstić information content (AvgIpc) is 2.48. The zero-order chi connectivity index (χ0) is 18.4. The van der Waals surface area contributed by atoms with Gasteiger partial charge in [-0.15, -0.1) is 0 Å². The third-order valence-electron chi connectivity index (χ3n) is 4.34. The van der Waals surface area contributed by atoms with E-state index < -0.39 is 14.6 Å². The van der Waals surface area contributed by atoms with Crippen molar-refractivity contribution < 1.29 is 13.2 Å². The van der Waals surface area contributed by atoms with Crippen molar-refractivity contribution in [1.82, 2.24) is 15.1 Å². The number of hydrogen-bond donors (Lipinski definition) is 1. The fraction of sp³-hybridized carbons (Fsp3) is 0.938. The minimum absolute atomic E-state index is 0.107. The van der Waals surface area contributed by atoms with Crippen LogP contribution in [-0.4, -0.2) is 94.7 Å². The van der Waals surface area contributed by atoms with E-state index in [-0.39, 0.29) is 11.9 Å². The Morgan fingerprint density at radius 1 is 1.42 bits per heavy atom. The highest BCUT2D eigenvalue weighted by Gasteiger charge is 2.40. The number of guanidine groups is 1. The summed E-state index contributed by atoms with van der Waals surface area (Å²) in [5.41, 5.74) is 0. The van der Waals surface area contributed by atoms with Crippen molar-refractivity contribution in [3.63, 3.8) is 0 Å². The molecule has 1 fully saturated rings. The maximum absolute atomic E-state index is 12.1. The molecule has 0 spiro atoms. The van der Waals surface area contributed by atoms with Crippen LogP contribution < -0.4 is 5.32 Å². The molecule has 142 valence electrons. The van der Waals surface area contributed by atoms with Crippen LogP contribution in [0.1, 0.15) is 27.2 Å². The van der Waals surface area contributed by atoms with Crippen LogP contribution in [0.15, 0.2) is 4.99 Å². The lowest BCUT2D eigenvalue weighted by Crippen LogP contribution is -2.57. The fourth-order valence-electron chi connectivity index (χ4n) is 2.74. The van der Waals surface area contributed by atoms with Crippen molar-refractivity contribution in [1.29, 1.82) is 0 Å². The lowest BCUT2D eigenvalue weighted by atomic mass is 10.2. The van der Waals surface area contributed by atoms with Crippen LogP contribution in [0, 0.1) is 0 Å². The Bertz CT molecular complexity index is 517. The van der Waals surface area contributed by atoms with E-state index in [1.807, 2.05) is 25.9 Å². The van der Waals surface area contributed by atoms with E-state index in [2.05, 4.69) is 15.2 Å². The normalized spacial score (nSPS) is 21.8. The van der Waals surface area contributed by atoms with Gasteiger partial charge in [-0.05, 0) is 41.3 Å². The minimum Gasteiger partial charge on any atom is -0.377 e. The molecule has 1 aliphatic heterocycles. The van der Waals surface area contributed by atoms with Crippen LogP contribution in [0.3, 0.4) is 0 Å². The summed E-state index contributed by atoms with van der Waals surface area (Å²) >= 11 is 0. The Labute approximate surface area is 147 Å². The molecule has 0 aromatic carbocycles. The van der Waals surface area contributed by atoms with Gasteiger partial charge in [0.25, 0.3) is 0 Å². The Balaban J connectivity index is 2.64. The van der Waals surface area contributed by atoms with Crippen LogP contribution in [-0.2, 0) is 14.6 Å². The molecule has 1 aliphatic rings. The molecular weight excluding hydrogens is 328 g/mol. The number of sulfone groups is 1. The molecule has 1 N–H and O–H groups in total. The maximum atomic E-state index is 12.1. The molecule has 1 unspecified atom stereocenters. The second-order valence-electron chi connectivity index (χ2n) is 7.10. The third-order valence-corrected chi connectivity index (χ3v) is 6.88. The molecule has 24 heavy (non-hydrogen) atoms. The van der Waals surface area contributed by atoms with Gasteiger partial charge in [0.1, 0.15) is 0 Å². The SMILES string of the molecule is CCOC(CCN(C)C)CNC(=NC)N1CCS(=O)(=O)C(C)(C)C1. The van der Waals surface area contributed by atoms with Crippen LogP contribution in [0.2, 0.25) is 0 Å². The summed E-state index contributed by atoms with van der Waals surface area (Å²) in [5.74, 6) is 0.906. The largest absolute Gasteiger partial charge is 0.377 e. The van der Waals surface area contributed by atoms with Gasteiger partial charge in [-0.1, -0.05) is 0 Å². The first-order chi connectivity index (χ1) is 11.1. The van der Waals surface area contributed by atoms with E-state index in [4.69, 9.17) is 4.74 Å². The number of nitrogens with zero attached hydrogens (tertiary/aromatic N) is 3. The van der Waals surface area contributed by atoms with Gasteiger partial charge < -0.3 is 19.9 Å². The molecule has 0 radical (unpaired) electrons. The standard InChI is InChI=1S/C16H34N4O3S/c1-7-23-14(8-9-19(5)6)12-18-15(17-4)20-10-11-24(21,22)16(2,3)13-20/h14H,7-13H2,1-6H3,(H,17,18). The minimum atomic E-state index is -3.05. The number of hydrogen-bond acceptors (Lipinski definition) is 5. The molecule has 1 atom stereocenters. The first kappa shape index (κ1) is 21.2. The Morgan fingerprint density at radius 3 is 2.58 bits per heavy atom. The van der Waals surface area contributed by atoms with Crippen LogP contribution in [0.25, 0.3) is 0 Å². The van der Waals surface area contributed by atoms with Crippen molar-refractivity contribution in [3.8, 4) is 0 Å². The van der Waals surface area contributed by atoms with Gasteiger partial charge in [-0.2, -0.15) is 0 Å². The van der Waals surface area contributed by atoms with Gasteiger partial charge in [0, 0.05) is 39.8 Å². The molecule has 0 aliphatic carbocycles. The summed E-state index contributed by atoms with van der Waals surface area (Å²) in [5, 5.41) is 3.35. The molecule has 0 aromatic heterocycles. The van der Waals surface area contributed by atoms with Gasteiger partial charge in [-0.3, -0.25) is 4.99 Å². The van der Waals surface area contributed by atoms with Crippen molar-refractivity contribution in [3.05, 3.63) is 0 Å². The molecular formula is C16H34N4O3S. The summed E-state index contributed by atoms with van der Waals surface area (Å²) in [6.07, 6.45) is 1.04. The summed E-state index contributed by atoms with van der Waals surface area (Å²) in [4.78, 5) is 8.48. The number of nitrogens with one attached hydrogen (secondary N) is 1. The van der Waals surface area contributed by atoms with Gasteiger partial charge in [0.15, 0.2) is 15.8 Å². The Hall–Kier alpha value is -0.860. The van der Waals surface area contributed by atoms with Gasteiger partial charge in [-0.25, -0.2) is 8.42 Å². The quantitative estimate of drug-likeness (QED) is 0.523. The molecule has 1 rings (SSSR count). The van der Waals surface area contributed by atoms with Gasteiger partial charge in [0.05, 0.1) is 16.6 Å². The highest BCUT2D eigenvalue weighted by Crippen LogP contribution is 2.23. The second-order valence-corrected chi connectivity index (χ2v) is 9.84. The molecule has 0 aromatic rings. The van der Waals surface area contributed by atoms with E-state index in [0.717, 1.165) is 18.9 Å². The van der Waals surface area contributed by atoms with Crippen molar-refractivity contribution in [2.45, 2.75) is 38.0 Å². The number of aliphatic imine (C=N–C) groups is 1. The number of rotatable bonds is 7. The molecule has 7 nitrogen and oxygen atoms in total. The highest BCUT2D eigenvalue weighted by molar-refractivity contribution is 7.92. The van der Waals surface area contributed by atoms with Crippen molar-refractivity contribution >= 4 is 15.8 Å². The van der Waals surface area contributed by atoms with Crippen LogP contribution in [0.4, 0.5) is 0 Å². The maximum Gasteiger partial charge on any atom is 0.193 e. The van der Waals surface area contributed by atoms with Crippen LogP contribution in [0.5, 0.6) is 0 Å². The summed E-state index contributed by atoms with van der Waals surface area (Å²) < 4.78 is 29.3. The smallest absolute Gasteiger partial charge is 0.193 e. The molecule has 1 heterocycles. The molecule has 0 amide bonds. The highest BCUT2D eigenvalue weighted by atomic mass is 32.2. The summed E-state index contributed by atoms with van der Waals surface area (Å²) in [6, 6.07) is 0. The monoisotopic (exact) mass is 362 g/mol. The lowest BCUT2D eigenvalue weighted by molar-refractivity contribution is 0.0543. The molecule has 8 heteroatoms. The lowest BCUT2D eigenvalue weighted by Gasteiger charge is -2.39. The zero-order valence-corrected chi connectivity index (χ0v) is 16.8. The third kappa shape index (κ3) is 5.89. The van der Waals surface area contributed by atoms with Crippen molar-refractivity contribution in [2.75, 3.05) is 59.7 Å². The Morgan fingerprint density at radius 2 is 2.08 bits per heavy atom. The van der Waals surface area contributed by atoms with Gasteiger partial charge >= 0.3 is 0 Å². The second kappa shape index (κ2) is 9.01.